The Morgan fingerprint density at radius 1 is 0.583 bits per heavy atom. The van der Waals surface area contributed by atoms with Crippen LogP contribution in [-0.4, -0.2) is 34.6 Å². The van der Waals surface area contributed by atoms with Gasteiger partial charge in [-0.05, 0) is 62.6 Å². The lowest BCUT2D eigenvalue weighted by Gasteiger charge is -2.21. The molecule has 2 aromatic rings. The minimum absolute atomic E-state index is 0. The molecule has 0 aliphatic rings. The molecular formula is C20H29BN2P. The van der Waals surface area contributed by atoms with Crippen molar-refractivity contribution in [3.05, 3.63) is 48.5 Å². The minimum atomic E-state index is 0. The Balaban J connectivity index is 0.00000288. The van der Waals surface area contributed by atoms with Crippen LogP contribution in [0, 0.1) is 0 Å². The normalized spacial score (nSPS) is 10.2. The van der Waals surface area contributed by atoms with Gasteiger partial charge in [0.25, 0.3) is 0 Å². The quantitative estimate of drug-likeness (QED) is 0.535. The Kier molecular flexibility index (Phi) is 8.93. The van der Waals surface area contributed by atoms with E-state index < -0.39 is 0 Å². The Labute approximate surface area is 151 Å². The first-order valence-corrected chi connectivity index (χ1v) is 9.68. The van der Waals surface area contributed by atoms with Crippen molar-refractivity contribution < 1.29 is 0 Å². The Hall–Kier alpha value is -1.47. The Morgan fingerprint density at radius 3 is 1.12 bits per heavy atom. The zero-order valence-electron chi connectivity index (χ0n) is 15.4. The summed E-state index contributed by atoms with van der Waals surface area (Å²) < 4.78 is 0. The fourth-order valence-corrected chi connectivity index (χ4v) is 3.86. The molecule has 2 nitrogen and oxygen atoms in total. The maximum absolute atomic E-state index is 2.38. The molecular weight excluding hydrogens is 310 g/mol. The number of benzene rings is 2. The number of hydrogen-bond acceptors (Lipinski definition) is 2. The van der Waals surface area contributed by atoms with Gasteiger partial charge in [0.1, 0.15) is 0 Å². The highest BCUT2D eigenvalue weighted by molar-refractivity contribution is 7.55. The van der Waals surface area contributed by atoms with E-state index in [9.17, 15) is 0 Å². The molecule has 0 saturated carbocycles. The SMILES string of the molecule is CCN(CC)c1ccc(Pc2ccc(N(CC)CC)cc2)cc1.[B]. The van der Waals surface area contributed by atoms with Crippen LogP contribution in [-0.2, 0) is 0 Å². The van der Waals surface area contributed by atoms with Crippen LogP contribution in [0.15, 0.2) is 48.5 Å². The summed E-state index contributed by atoms with van der Waals surface area (Å²) in [6.45, 7) is 13.1. The average molecular weight is 339 g/mol. The van der Waals surface area contributed by atoms with E-state index in [-0.39, 0.29) is 8.41 Å². The highest BCUT2D eigenvalue weighted by Gasteiger charge is 2.04. The summed E-state index contributed by atoms with van der Waals surface area (Å²) in [5, 5.41) is 2.80. The summed E-state index contributed by atoms with van der Waals surface area (Å²) in [5.74, 6) is 0. The van der Waals surface area contributed by atoms with Gasteiger partial charge in [-0.1, -0.05) is 32.8 Å². The van der Waals surface area contributed by atoms with Crippen LogP contribution in [0.2, 0.25) is 0 Å². The van der Waals surface area contributed by atoms with Crippen LogP contribution < -0.4 is 20.4 Å². The number of nitrogens with zero attached hydrogens (tertiary/aromatic N) is 2. The molecule has 3 radical (unpaired) electrons. The van der Waals surface area contributed by atoms with Crippen molar-refractivity contribution in [1.29, 1.82) is 0 Å². The lowest BCUT2D eigenvalue weighted by molar-refractivity contribution is 0.866. The van der Waals surface area contributed by atoms with Crippen molar-refractivity contribution in [3.8, 4) is 0 Å². The van der Waals surface area contributed by atoms with Crippen molar-refractivity contribution in [3.63, 3.8) is 0 Å². The van der Waals surface area contributed by atoms with Crippen molar-refractivity contribution in [2.75, 3.05) is 36.0 Å². The van der Waals surface area contributed by atoms with Crippen molar-refractivity contribution in [2.24, 2.45) is 0 Å². The second kappa shape index (κ2) is 10.4. The first-order valence-electron chi connectivity index (χ1n) is 8.68. The summed E-state index contributed by atoms with van der Waals surface area (Å²) >= 11 is 0. The zero-order chi connectivity index (χ0) is 16.7. The third kappa shape index (κ3) is 5.28. The third-order valence-electron chi connectivity index (χ3n) is 4.28. The van der Waals surface area contributed by atoms with E-state index in [4.69, 9.17) is 0 Å². The van der Waals surface area contributed by atoms with E-state index in [0.717, 1.165) is 34.8 Å². The van der Waals surface area contributed by atoms with Crippen LogP contribution >= 0.6 is 8.58 Å². The van der Waals surface area contributed by atoms with Gasteiger partial charge in [0.15, 0.2) is 0 Å². The molecule has 0 bridgehead atoms. The molecule has 24 heavy (non-hydrogen) atoms. The second-order valence-electron chi connectivity index (χ2n) is 5.56. The second-order valence-corrected chi connectivity index (χ2v) is 6.97. The summed E-state index contributed by atoms with van der Waals surface area (Å²) in [7, 11) is 0.722. The van der Waals surface area contributed by atoms with Gasteiger partial charge in [0.2, 0.25) is 0 Å². The van der Waals surface area contributed by atoms with E-state index in [1.54, 1.807) is 0 Å². The van der Waals surface area contributed by atoms with Crippen LogP contribution in [0.5, 0.6) is 0 Å². The third-order valence-corrected chi connectivity index (χ3v) is 5.52. The van der Waals surface area contributed by atoms with Crippen LogP contribution in [0.25, 0.3) is 0 Å². The fraction of sp³-hybridized carbons (Fsp3) is 0.400. The molecule has 0 fully saturated rings. The molecule has 0 aliphatic heterocycles. The molecule has 4 heteroatoms. The highest BCUT2D eigenvalue weighted by atomic mass is 31.1. The Morgan fingerprint density at radius 2 is 0.875 bits per heavy atom. The topological polar surface area (TPSA) is 6.48 Å². The van der Waals surface area contributed by atoms with Crippen molar-refractivity contribution in [2.45, 2.75) is 27.7 Å². The molecule has 0 amide bonds. The van der Waals surface area contributed by atoms with Crippen LogP contribution in [0.1, 0.15) is 27.7 Å². The van der Waals surface area contributed by atoms with E-state index in [0.29, 0.717) is 0 Å². The van der Waals surface area contributed by atoms with Crippen molar-refractivity contribution >= 4 is 39.0 Å². The number of rotatable bonds is 8. The molecule has 0 aliphatic carbocycles. The largest absolute Gasteiger partial charge is 0.372 e. The molecule has 0 aromatic heterocycles. The number of hydrogen-bond donors (Lipinski definition) is 0. The molecule has 0 saturated heterocycles. The number of anilines is 2. The van der Waals surface area contributed by atoms with Gasteiger partial charge in [0.05, 0.1) is 0 Å². The highest BCUT2D eigenvalue weighted by Crippen LogP contribution is 2.18. The molecule has 2 aromatic carbocycles. The van der Waals surface area contributed by atoms with E-state index >= 15 is 0 Å². The Bertz CT molecular complexity index is 522. The van der Waals surface area contributed by atoms with Gasteiger partial charge in [-0.15, -0.1) is 0 Å². The summed E-state index contributed by atoms with van der Waals surface area (Å²) in [6.07, 6.45) is 0. The molecule has 0 unspecified atom stereocenters. The molecule has 0 N–H and O–H groups in total. The molecule has 0 spiro atoms. The lowest BCUT2D eigenvalue weighted by Crippen LogP contribution is -2.22. The van der Waals surface area contributed by atoms with Gasteiger partial charge >= 0.3 is 0 Å². The maximum Gasteiger partial charge on any atom is 0.0366 e. The van der Waals surface area contributed by atoms with Gasteiger partial charge in [-0.2, -0.15) is 0 Å². The summed E-state index contributed by atoms with van der Waals surface area (Å²) in [6, 6.07) is 18.1. The van der Waals surface area contributed by atoms with Gasteiger partial charge in [-0.3, -0.25) is 0 Å². The van der Waals surface area contributed by atoms with Gasteiger partial charge in [-0.25, -0.2) is 0 Å². The predicted octanol–water partition coefficient (Wildman–Crippen LogP) is 3.63. The first kappa shape index (κ1) is 20.6. The summed E-state index contributed by atoms with van der Waals surface area (Å²) in [5.41, 5.74) is 2.64. The van der Waals surface area contributed by atoms with Gasteiger partial charge < -0.3 is 9.80 Å². The minimum Gasteiger partial charge on any atom is -0.372 e. The predicted molar refractivity (Wildman–Crippen MR) is 113 cm³/mol. The molecule has 2 rings (SSSR count). The average Bonchev–Trinajstić information content (AvgIpc) is 2.60. The fourth-order valence-electron chi connectivity index (χ4n) is 2.86. The van der Waals surface area contributed by atoms with E-state index in [1.165, 1.54) is 22.0 Å². The molecule has 0 atom stereocenters. The smallest absolute Gasteiger partial charge is 0.0366 e. The monoisotopic (exact) mass is 339 g/mol. The zero-order valence-corrected chi connectivity index (χ0v) is 16.4. The van der Waals surface area contributed by atoms with E-state index in [2.05, 4.69) is 86.0 Å². The lowest BCUT2D eigenvalue weighted by atomic mass is 10.3. The van der Waals surface area contributed by atoms with E-state index in [1.807, 2.05) is 0 Å². The molecule has 0 heterocycles. The van der Waals surface area contributed by atoms with Crippen LogP contribution in [0.3, 0.4) is 0 Å². The summed E-state index contributed by atoms with van der Waals surface area (Å²) in [4.78, 5) is 4.76. The van der Waals surface area contributed by atoms with Crippen LogP contribution in [0.4, 0.5) is 11.4 Å². The standard InChI is InChI=1S/C20H29N2P.B/c1-5-21(6-2)17-9-13-19(14-10-17)23-20-15-11-18(12-16-20)22(7-3)8-4;/h9-16,23H,5-8H2,1-4H3;. The first-order chi connectivity index (χ1) is 11.2. The van der Waals surface area contributed by atoms with Crippen molar-refractivity contribution in [1.82, 2.24) is 0 Å². The van der Waals surface area contributed by atoms with Gasteiger partial charge in [0, 0.05) is 46.0 Å². The maximum atomic E-state index is 2.38. The molecule has 127 valence electrons.